The molecule has 1 fully saturated rings. The number of aromatic nitrogens is 3. The highest BCUT2D eigenvalue weighted by Crippen LogP contribution is 2.23. The molecule has 0 saturated carbocycles. The van der Waals surface area contributed by atoms with E-state index in [-0.39, 0.29) is 6.09 Å². The highest BCUT2D eigenvalue weighted by atomic mass is 16.6. The van der Waals surface area contributed by atoms with E-state index in [1.54, 1.807) is 4.90 Å². The quantitative estimate of drug-likeness (QED) is 0.804. The van der Waals surface area contributed by atoms with Crippen molar-refractivity contribution in [1.82, 2.24) is 24.6 Å². The predicted molar refractivity (Wildman–Crippen MR) is 121 cm³/mol. The van der Waals surface area contributed by atoms with Gasteiger partial charge in [-0.25, -0.2) is 9.78 Å². The van der Waals surface area contributed by atoms with E-state index in [0.717, 1.165) is 55.9 Å². The molecule has 0 bridgehead atoms. The van der Waals surface area contributed by atoms with Gasteiger partial charge in [0.2, 0.25) is 0 Å². The van der Waals surface area contributed by atoms with Crippen LogP contribution in [0.3, 0.4) is 0 Å². The van der Waals surface area contributed by atoms with Crippen LogP contribution in [0.2, 0.25) is 0 Å². The zero-order chi connectivity index (χ0) is 22.0. The van der Waals surface area contributed by atoms with Crippen LogP contribution in [0.15, 0.2) is 24.3 Å². The van der Waals surface area contributed by atoms with E-state index in [0.29, 0.717) is 19.6 Å². The van der Waals surface area contributed by atoms with Crippen LogP contribution in [0, 0.1) is 0 Å². The molecule has 9 heteroatoms. The Hall–Kier alpha value is -2.81. The van der Waals surface area contributed by atoms with Crippen LogP contribution < -0.4 is 10.2 Å². The summed E-state index contributed by atoms with van der Waals surface area (Å²) in [5.41, 5.74) is 0.480. The number of ether oxygens (including phenoxy) is 1. The number of hydrogen-bond donors (Lipinski definition) is 1. The number of hydrogen-bond acceptors (Lipinski definition) is 7. The molecule has 168 valence electrons. The topological polar surface area (TPSA) is 78.8 Å². The van der Waals surface area contributed by atoms with Gasteiger partial charge in [0, 0.05) is 38.8 Å². The van der Waals surface area contributed by atoms with Crippen LogP contribution in [-0.2, 0) is 17.8 Å². The predicted octanol–water partition coefficient (Wildman–Crippen LogP) is 2.91. The Bertz CT molecular complexity index is 913. The zero-order valence-corrected chi connectivity index (χ0v) is 19.0. The average Bonchev–Trinajstić information content (AvgIpc) is 3.14. The fourth-order valence-electron chi connectivity index (χ4n) is 3.90. The standard InChI is InChI=1S/C22H33N7O2/c1-5-26-9-11-27(12-10-26)20-8-6-7-18(24-20)23-19-15-17-16-28(13-14-29(17)25-19)21(30)31-22(2,3)4/h6-8,15H,5,9-14,16H2,1-4H3,(H,23,24,25). The minimum atomic E-state index is -0.499. The Labute approximate surface area is 184 Å². The third-order valence-electron chi connectivity index (χ3n) is 5.58. The summed E-state index contributed by atoms with van der Waals surface area (Å²) in [6.07, 6.45) is -0.285. The molecule has 2 aliphatic rings. The van der Waals surface area contributed by atoms with Crippen molar-refractivity contribution in [2.24, 2.45) is 0 Å². The van der Waals surface area contributed by atoms with E-state index in [1.807, 2.05) is 43.7 Å². The van der Waals surface area contributed by atoms with Crippen LogP contribution in [0.1, 0.15) is 33.4 Å². The lowest BCUT2D eigenvalue weighted by Gasteiger charge is -2.34. The van der Waals surface area contributed by atoms with Gasteiger partial charge in [0.05, 0.1) is 18.8 Å². The van der Waals surface area contributed by atoms with Crippen LogP contribution in [0.5, 0.6) is 0 Å². The van der Waals surface area contributed by atoms with E-state index in [4.69, 9.17) is 9.72 Å². The summed E-state index contributed by atoms with van der Waals surface area (Å²) in [7, 11) is 0. The largest absolute Gasteiger partial charge is 0.444 e. The van der Waals surface area contributed by atoms with E-state index in [1.165, 1.54) is 0 Å². The summed E-state index contributed by atoms with van der Waals surface area (Å²) >= 11 is 0. The van der Waals surface area contributed by atoms with Crippen LogP contribution >= 0.6 is 0 Å². The minimum Gasteiger partial charge on any atom is -0.444 e. The molecule has 2 aromatic heterocycles. The van der Waals surface area contributed by atoms with Gasteiger partial charge in [-0.2, -0.15) is 5.10 Å². The molecule has 0 atom stereocenters. The number of carbonyl (C=O) groups excluding carboxylic acids is 1. The van der Waals surface area contributed by atoms with Crippen molar-refractivity contribution in [1.29, 1.82) is 0 Å². The SMILES string of the molecule is CCN1CCN(c2cccc(Nc3cc4n(n3)CCN(C(=O)OC(C)(C)C)C4)n2)CC1. The molecule has 1 amide bonds. The highest BCUT2D eigenvalue weighted by Gasteiger charge is 2.27. The zero-order valence-electron chi connectivity index (χ0n) is 19.0. The summed E-state index contributed by atoms with van der Waals surface area (Å²) in [5, 5.41) is 7.97. The maximum Gasteiger partial charge on any atom is 0.410 e. The number of pyridine rings is 1. The first-order valence-electron chi connectivity index (χ1n) is 11.1. The van der Waals surface area contributed by atoms with Crippen LogP contribution in [0.25, 0.3) is 0 Å². The Morgan fingerprint density at radius 1 is 1.10 bits per heavy atom. The van der Waals surface area contributed by atoms with Gasteiger partial charge in [0.1, 0.15) is 17.2 Å². The number of fused-ring (bicyclic) bond motifs is 1. The lowest BCUT2D eigenvalue weighted by atomic mass is 10.2. The summed E-state index contributed by atoms with van der Waals surface area (Å²) < 4.78 is 7.44. The maximum atomic E-state index is 12.4. The van der Waals surface area contributed by atoms with Crippen LogP contribution in [0.4, 0.5) is 22.2 Å². The number of amides is 1. The second-order valence-electron chi connectivity index (χ2n) is 9.07. The normalized spacial score (nSPS) is 17.4. The van der Waals surface area contributed by atoms with E-state index >= 15 is 0 Å². The van der Waals surface area contributed by atoms with Crippen molar-refractivity contribution in [3.05, 3.63) is 30.0 Å². The Morgan fingerprint density at radius 2 is 1.87 bits per heavy atom. The Kier molecular flexibility index (Phi) is 6.04. The molecule has 0 unspecified atom stereocenters. The van der Waals surface area contributed by atoms with Gasteiger partial charge < -0.3 is 24.8 Å². The first-order chi connectivity index (χ1) is 14.8. The third kappa shape index (κ3) is 5.28. The molecule has 0 radical (unpaired) electrons. The molecule has 9 nitrogen and oxygen atoms in total. The molecule has 1 N–H and O–H groups in total. The number of anilines is 3. The molecule has 0 aromatic carbocycles. The second-order valence-corrected chi connectivity index (χ2v) is 9.07. The van der Waals surface area contributed by atoms with Gasteiger partial charge >= 0.3 is 6.09 Å². The second kappa shape index (κ2) is 8.74. The highest BCUT2D eigenvalue weighted by molar-refractivity contribution is 5.68. The van der Waals surface area contributed by atoms with Gasteiger partial charge in [-0.3, -0.25) is 4.68 Å². The number of nitrogens with one attached hydrogen (secondary N) is 1. The molecular weight excluding hydrogens is 394 g/mol. The van der Waals surface area contributed by atoms with E-state index in [9.17, 15) is 4.79 Å². The van der Waals surface area contributed by atoms with Gasteiger partial charge in [-0.05, 0) is 39.4 Å². The average molecular weight is 428 g/mol. The monoisotopic (exact) mass is 427 g/mol. The molecule has 0 aliphatic carbocycles. The summed E-state index contributed by atoms with van der Waals surface area (Å²) in [6, 6.07) is 8.02. The summed E-state index contributed by atoms with van der Waals surface area (Å²) in [5.74, 6) is 2.50. The summed E-state index contributed by atoms with van der Waals surface area (Å²) in [4.78, 5) is 23.7. The lowest BCUT2D eigenvalue weighted by Crippen LogP contribution is -2.46. The number of carbonyl (C=O) groups is 1. The van der Waals surface area contributed by atoms with E-state index < -0.39 is 5.60 Å². The van der Waals surface area contributed by atoms with Gasteiger partial charge in [-0.15, -0.1) is 0 Å². The number of piperazine rings is 1. The van der Waals surface area contributed by atoms with Gasteiger partial charge in [0.15, 0.2) is 5.82 Å². The third-order valence-corrected chi connectivity index (χ3v) is 5.58. The molecule has 2 aromatic rings. The Morgan fingerprint density at radius 3 is 2.58 bits per heavy atom. The van der Waals surface area contributed by atoms with Gasteiger partial charge in [-0.1, -0.05) is 13.0 Å². The van der Waals surface area contributed by atoms with Crippen molar-refractivity contribution >= 4 is 23.5 Å². The Balaban J connectivity index is 1.40. The minimum absolute atomic E-state index is 0.285. The molecule has 1 saturated heterocycles. The van der Waals surface area contributed by atoms with Crippen molar-refractivity contribution in [2.45, 2.75) is 46.4 Å². The van der Waals surface area contributed by atoms with E-state index in [2.05, 4.69) is 33.2 Å². The molecule has 0 spiro atoms. The fourth-order valence-corrected chi connectivity index (χ4v) is 3.90. The molecular formula is C22H33N7O2. The first kappa shape index (κ1) is 21.4. The molecule has 2 aliphatic heterocycles. The smallest absolute Gasteiger partial charge is 0.410 e. The molecule has 4 heterocycles. The van der Waals surface area contributed by atoms with Crippen LogP contribution in [-0.4, -0.2) is 75.5 Å². The van der Waals surface area contributed by atoms with Crippen molar-refractivity contribution in [2.75, 3.05) is 49.5 Å². The van der Waals surface area contributed by atoms with Crippen molar-refractivity contribution < 1.29 is 9.53 Å². The molecule has 4 rings (SSSR count). The first-order valence-corrected chi connectivity index (χ1v) is 11.1. The molecule has 31 heavy (non-hydrogen) atoms. The van der Waals surface area contributed by atoms with Crippen molar-refractivity contribution in [3.63, 3.8) is 0 Å². The number of likely N-dealkylation sites (N-methyl/N-ethyl adjacent to an activating group) is 1. The van der Waals surface area contributed by atoms with Gasteiger partial charge in [0.25, 0.3) is 0 Å². The lowest BCUT2D eigenvalue weighted by molar-refractivity contribution is 0.0194. The van der Waals surface area contributed by atoms with Crippen molar-refractivity contribution in [3.8, 4) is 0 Å². The number of rotatable bonds is 4. The number of nitrogens with zero attached hydrogens (tertiary/aromatic N) is 6. The summed E-state index contributed by atoms with van der Waals surface area (Å²) in [6.45, 7) is 14.8. The maximum absolute atomic E-state index is 12.4. The fraction of sp³-hybridized carbons (Fsp3) is 0.591.